The smallest absolute Gasteiger partial charge is 0.122 e. The van der Waals surface area contributed by atoms with E-state index in [0.717, 1.165) is 13.0 Å². The van der Waals surface area contributed by atoms with Gasteiger partial charge in [0.15, 0.2) is 0 Å². The third-order valence-electron chi connectivity index (χ3n) is 3.39. The van der Waals surface area contributed by atoms with E-state index < -0.39 is 0 Å². The van der Waals surface area contributed by atoms with Crippen molar-refractivity contribution in [1.82, 2.24) is 9.88 Å². The maximum Gasteiger partial charge on any atom is 0.122 e. The molecule has 0 radical (unpaired) electrons. The molecule has 1 unspecified atom stereocenters. The van der Waals surface area contributed by atoms with E-state index in [-0.39, 0.29) is 0 Å². The fourth-order valence-electron chi connectivity index (χ4n) is 2.33. The lowest BCUT2D eigenvalue weighted by Gasteiger charge is -2.14. The number of hydrogen-bond acceptors (Lipinski definition) is 2. The Morgan fingerprint density at radius 3 is 2.65 bits per heavy atom. The van der Waals surface area contributed by atoms with Crippen molar-refractivity contribution in [2.75, 3.05) is 6.54 Å². The number of rotatable bonds is 8. The summed E-state index contributed by atoms with van der Waals surface area (Å²) in [5.41, 5.74) is 2.54. The largest absolute Gasteiger partial charge is 0.356 e. The van der Waals surface area contributed by atoms with Gasteiger partial charge in [0.1, 0.15) is 6.73 Å². The van der Waals surface area contributed by atoms with Crippen LogP contribution in [-0.2, 0) is 18.1 Å². The topological polar surface area (TPSA) is 26.2 Å². The highest BCUT2D eigenvalue weighted by Crippen LogP contribution is 2.16. The van der Waals surface area contributed by atoms with E-state index in [1.54, 1.807) is 0 Å². The Bertz CT molecular complexity index is 493. The number of ether oxygens (including phenoxy) is 1. The molecule has 0 bridgehead atoms. The Morgan fingerprint density at radius 2 is 1.95 bits per heavy atom. The summed E-state index contributed by atoms with van der Waals surface area (Å²) in [5, 5.41) is 3.49. The highest BCUT2D eigenvalue weighted by molar-refractivity contribution is 5.15. The van der Waals surface area contributed by atoms with Gasteiger partial charge in [-0.15, -0.1) is 0 Å². The lowest BCUT2D eigenvalue weighted by Crippen LogP contribution is -2.19. The number of nitrogens with one attached hydrogen (secondary N) is 1. The van der Waals surface area contributed by atoms with Crippen LogP contribution in [0.15, 0.2) is 48.8 Å². The van der Waals surface area contributed by atoms with Gasteiger partial charge in [-0.05, 0) is 30.2 Å². The molecule has 1 heterocycles. The second-order valence-corrected chi connectivity index (χ2v) is 4.94. The van der Waals surface area contributed by atoms with Crippen LogP contribution in [0.1, 0.15) is 37.4 Å². The second kappa shape index (κ2) is 7.88. The van der Waals surface area contributed by atoms with E-state index in [9.17, 15) is 0 Å². The van der Waals surface area contributed by atoms with Crippen LogP contribution in [-0.4, -0.2) is 11.1 Å². The summed E-state index contributed by atoms with van der Waals surface area (Å²) < 4.78 is 7.83. The fraction of sp³-hybridized carbons (Fsp3) is 0.412. The molecule has 1 aromatic heterocycles. The standard InChI is InChI=1S/C17H24N2O/c1-3-17(18-4-2)16-10-11-19(12-16)14-20-13-15-8-6-5-7-9-15/h5-12,17-18H,3-4,13-14H2,1-2H3. The molecule has 1 aromatic carbocycles. The van der Waals surface area contributed by atoms with Gasteiger partial charge >= 0.3 is 0 Å². The molecule has 0 fully saturated rings. The molecule has 1 N–H and O–H groups in total. The van der Waals surface area contributed by atoms with Gasteiger partial charge in [0.25, 0.3) is 0 Å². The van der Waals surface area contributed by atoms with Crippen LogP contribution in [0, 0.1) is 0 Å². The van der Waals surface area contributed by atoms with Crippen molar-refractivity contribution in [2.24, 2.45) is 0 Å². The lowest BCUT2D eigenvalue weighted by molar-refractivity contribution is 0.0641. The van der Waals surface area contributed by atoms with Gasteiger partial charge in [-0.2, -0.15) is 0 Å². The zero-order valence-electron chi connectivity index (χ0n) is 12.4. The van der Waals surface area contributed by atoms with Crippen LogP contribution in [0.5, 0.6) is 0 Å². The van der Waals surface area contributed by atoms with Crippen molar-refractivity contribution in [3.8, 4) is 0 Å². The molecule has 0 aliphatic heterocycles. The number of aromatic nitrogens is 1. The van der Waals surface area contributed by atoms with Gasteiger partial charge in [-0.25, -0.2) is 0 Å². The maximum atomic E-state index is 5.73. The SMILES string of the molecule is CCNC(CC)c1ccn(COCc2ccccc2)c1. The van der Waals surface area contributed by atoms with E-state index in [0.29, 0.717) is 19.4 Å². The minimum Gasteiger partial charge on any atom is -0.356 e. The number of nitrogens with zero attached hydrogens (tertiary/aromatic N) is 1. The van der Waals surface area contributed by atoms with Gasteiger partial charge < -0.3 is 14.6 Å². The molecular formula is C17H24N2O. The van der Waals surface area contributed by atoms with Crippen molar-refractivity contribution >= 4 is 0 Å². The summed E-state index contributed by atoms with van der Waals surface area (Å²) in [6.45, 7) is 6.59. The Labute approximate surface area is 121 Å². The Balaban J connectivity index is 1.83. The quantitative estimate of drug-likeness (QED) is 0.792. The molecule has 0 saturated heterocycles. The second-order valence-electron chi connectivity index (χ2n) is 4.94. The molecule has 3 nitrogen and oxygen atoms in total. The Morgan fingerprint density at radius 1 is 1.15 bits per heavy atom. The summed E-state index contributed by atoms with van der Waals surface area (Å²) in [6.07, 6.45) is 5.35. The third-order valence-corrected chi connectivity index (χ3v) is 3.39. The van der Waals surface area contributed by atoms with Crippen molar-refractivity contribution in [2.45, 2.75) is 39.6 Å². The van der Waals surface area contributed by atoms with E-state index in [1.807, 2.05) is 18.2 Å². The van der Waals surface area contributed by atoms with Crippen molar-refractivity contribution in [1.29, 1.82) is 0 Å². The van der Waals surface area contributed by atoms with Crippen molar-refractivity contribution in [3.05, 3.63) is 59.9 Å². The first-order chi connectivity index (χ1) is 9.83. The van der Waals surface area contributed by atoms with E-state index in [1.165, 1.54) is 11.1 Å². The van der Waals surface area contributed by atoms with Crippen LogP contribution in [0.25, 0.3) is 0 Å². The minimum atomic E-state index is 0.440. The summed E-state index contributed by atoms with van der Waals surface area (Å²) in [5.74, 6) is 0. The average molecular weight is 272 g/mol. The molecular weight excluding hydrogens is 248 g/mol. The highest BCUT2D eigenvalue weighted by atomic mass is 16.5. The average Bonchev–Trinajstić information content (AvgIpc) is 2.94. The van der Waals surface area contributed by atoms with Gasteiger partial charge in [0, 0.05) is 18.4 Å². The predicted molar refractivity (Wildman–Crippen MR) is 82.4 cm³/mol. The Kier molecular flexibility index (Phi) is 5.84. The van der Waals surface area contributed by atoms with E-state index in [4.69, 9.17) is 4.74 Å². The van der Waals surface area contributed by atoms with Crippen LogP contribution in [0.3, 0.4) is 0 Å². The van der Waals surface area contributed by atoms with Gasteiger partial charge in [0.05, 0.1) is 6.61 Å². The number of hydrogen-bond donors (Lipinski definition) is 1. The maximum absolute atomic E-state index is 5.73. The van der Waals surface area contributed by atoms with Crippen molar-refractivity contribution in [3.63, 3.8) is 0 Å². The predicted octanol–water partition coefficient (Wildman–Crippen LogP) is 3.72. The molecule has 20 heavy (non-hydrogen) atoms. The number of benzene rings is 1. The first kappa shape index (κ1) is 14.8. The lowest BCUT2D eigenvalue weighted by atomic mass is 10.1. The molecule has 0 spiro atoms. The zero-order valence-corrected chi connectivity index (χ0v) is 12.4. The van der Waals surface area contributed by atoms with E-state index >= 15 is 0 Å². The van der Waals surface area contributed by atoms with Crippen LogP contribution < -0.4 is 5.32 Å². The molecule has 1 atom stereocenters. The van der Waals surface area contributed by atoms with E-state index in [2.05, 4.69) is 54.3 Å². The molecule has 2 rings (SSSR count). The first-order valence-electron chi connectivity index (χ1n) is 7.34. The van der Waals surface area contributed by atoms with Crippen LogP contribution in [0.2, 0.25) is 0 Å². The van der Waals surface area contributed by atoms with Crippen LogP contribution >= 0.6 is 0 Å². The minimum absolute atomic E-state index is 0.440. The monoisotopic (exact) mass is 272 g/mol. The third kappa shape index (κ3) is 4.22. The summed E-state index contributed by atoms with van der Waals surface area (Å²) >= 11 is 0. The molecule has 0 saturated carbocycles. The molecule has 0 aliphatic rings. The zero-order chi connectivity index (χ0) is 14.2. The molecule has 108 valence electrons. The van der Waals surface area contributed by atoms with Gasteiger partial charge in [-0.3, -0.25) is 0 Å². The summed E-state index contributed by atoms with van der Waals surface area (Å²) in [4.78, 5) is 0. The highest BCUT2D eigenvalue weighted by Gasteiger charge is 2.08. The summed E-state index contributed by atoms with van der Waals surface area (Å²) in [6, 6.07) is 12.9. The fourth-order valence-corrected chi connectivity index (χ4v) is 2.33. The summed E-state index contributed by atoms with van der Waals surface area (Å²) in [7, 11) is 0. The van der Waals surface area contributed by atoms with Crippen molar-refractivity contribution < 1.29 is 4.74 Å². The van der Waals surface area contributed by atoms with Gasteiger partial charge in [-0.1, -0.05) is 44.2 Å². The molecule has 0 amide bonds. The van der Waals surface area contributed by atoms with Crippen LogP contribution in [0.4, 0.5) is 0 Å². The Hall–Kier alpha value is -1.58. The molecule has 0 aliphatic carbocycles. The molecule has 2 aromatic rings. The first-order valence-corrected chi connectivity index (χ1v) is 7.34. The van der Waals surface area contributed by atoms with Gasteiger partial charge in [0.2, 0.25) is 0 Å². The normalized spacial score (nSPS) is 12.5. The molecule has 3 heteroatoms.